The summed E-state index contributed by atoms with van der Waals surface area (Å²) in [5, 5.41) is 23.8. The molecular weight excluding hydrogens is 721 g/mol. The molecule has 12 heteroatoms. The van der Waals surface area contributed by atoms with Gasteiger partial charge in [-0.3, -0.25) is 24.8 Å². The van der Waals surface area contributed by atoms with Crippen LogP contribution in [0.15, 0.2) is 128 Å². The molecule has 0 radical (unpaired) electrons. The van der Waals surface area contributed by atoms with E-state index in [2.05, 4.69) is 62.3 Å². The Morgan fingerprint density at radius 1 is 0.825 bits per heavy atom. The first kappa shape index (κ1) is 37.9. The minimum Gasteiger partial charge on any atom is -0.392 e. The van der Waals surface area contributed by atoms with E-state index in [9.17, 15) is 20.0 Å². The van der Waals surface area contributed by atoms with E-state index in [0.717, 1.165) is 77.3 Å². The van der Waals surface area contributed by atoms with Gasteiger partial charge in [-0.1, -0.05) is 85.8 Å². The third-order valence-corrected chi connectivity index (χ3v) is 10.9. The molecule has 1 aromatic heterocycles. The average molecular weight is 765 g/mol. The van der Waals surface area contributed by atoms with Crippen molar-refractivity contribution in [2.45, 2.75) is 38.6 Å². The van der Waals surface area contributed by atoms with Crippen molar-refractivity contribution in [3.8, 4) is 11.1 Å². The molecule has 2 fully saturated rings. The molecule has 2 aliphatic rings. The van der Waals surface area contributed by atoms with Gasteiger partial charge in [0.15, 0.2) is 6.29 Å². The Morgan fingerprint density at radius 3 is 2.26 bits per heavy atom. The first-order valence-electron chi connectivity index (χ1n) is 19.2. The summed E-state index contributed by atoms with van der Waals surface area (Å²) in [5.41, 5.74) is 8.56. The topological polar surface area (TPSA) is 143 Å². The number of non-ortho nitro benzene ring substituents is 1. The zero-order valence-corrected chi connectivity index (χ0v) is 31.6. The molecule has 290 valence electrons. The highest BCUT2D eigenvalue weighted by Crippen LogP contribution is 2.42. The van der Waals surface area contributed by atoms with Crippen LogP contribution < -0.4 is 10.2 Å². The van der Waals surface area contributed by atoms with Crippen LogP contribution in [0.3, 0.4) is 0 Å². The third-order valence-electron chi connectivity index (χ3n) is 10.9. The molecule has 3 heterocycles. The molecule has 57 heavy (non-hydrogen) atoms. The van der Waals surface area contributed by atoms with Gasteiger partial charge in [-0.2, -0.15) is 0 Å². The Hall–Kier alpha value is -6.05. The number of carbonyl (C=O) groups is 1. The molecule has 2 saturated heterocycles. The summed E-state index contributed by atoms with van der Waals surface area (Å²) < 4.78 is 13.5. The van der Waals surface area contributed by atoms with Crippen molar-refractivity contribution in [3.63, 3.8) is 0 Å². The molecule has 0 bridgehead atoms. The van der Waals surface area contributed by atoms with Crippen molar-refractivity contribution < 1.29 is 24.3 Å². The molecule has 0 unspecified atom stereocenters. The highest BCUT2D eigenvalue weighted by molar-refractivity contribution is 5.93. The number of nitrogens with zero attached hydrogens (tertiary/aromatic N) is 5. The van der Waals surface area contributed by atoms with E-state index in [-0.39, 0.29) is 46.9 Å². The Morgan fingerprint density at radius 2 is 1.54 bits per heavy atom. The van der Waals surface area contributed by atoms with E-state index in [1.54, 1.807) is 12.1 Å². The first-order chi connectivity index (χ1) is 27.8. The molecule has 0 saturated carbocycles. The molecule has 2 N–H and O–H groups in total. The number of aliphatic hydroxyl groups excluding tert-OH is 1. The summed E-state index contributed by atoms with van der Waals surface area (Å²) in [6.45, 7) is 6.50. The minimum atomic E-state index is -0.594. The lowest BCUT2D eigenvalue weighted by molar-refractivity contribution is -0.384. The molecule has 0 aliphatic carbocycles. The number of nitrogens with one attached hydrogen (secondary N) is 1. The lowest BCUT2D eigenvalue weighted by atomic mass is 9.89. The van der Waals surface area contributed by atoms with Crippen molar-refractivity contribution in [1.82, 2.24) is 20.2 Å². The van der Waals surface area contributed by atoms with Crippen LogP contribution in [0.4, 0.5) is 11.4 Å². The minimum absolute atomic E-state index is 0.0218. The number of hydrogen-bond donors (Lipinski definition) is 2. The average Bonchev–Trinajstić information content (AvgIpc) is 3.26. The number of hydrogen-bond acceptors (Lipinski definition) is 10. The van der Waals surface area contributed by atoms with Crippen molar-refractivity contribution >= 4 is 28.3 Å². The molecule has 4 atom stereocenters. The van der Waals surface area contributed by atoms with E-state index < -0.39 is 6.29 Å². The van der Waals surface area contributed by atoms with E-state index in [4.69, 9.17) is 9.47 Å². The number of aromatic nitrogens is 2. The fraction of sp³-hybridized carbons (Fsp3) is 0.267. The summed E-state index contributed by atoms with van der Waals surface area (Å²) in [7, 11) is 0. The lowest BCUT2D eigenvalue weighted by Gasteiger charge is -2.44. The van der Waals surface area contributed by atoms with Gasteiger partial charge in [0.1, 0.15) is 5.69 Å². The summed E-state index contributed by atoms with van der Waals surface area (Å²) >= 11 is 0. The number of ether oxygens (including phenoxy) is 2. The van der Waals surface area contributed by atoms with E-state index in [1.807, 2.05) is 78.9 Å². The third kappa shape index (κ3) is 8.69. The van der Waals surface area contributed by atoms with Gasteiger partial charge in [-0.05, 0) is 58.1 Å². The quantitative estimate of drug-likeness (QED) is 0.102. The zero-order valence-electron chi connectivity index (χ0n) is 31.6. The molecule has 1 amide bonds. The van der Waals surface area contributed by atoms with Crippen LogP contribution in [0, 0.1) is 16.0 Å². The number of nitro benzene ring substituents is 1. The second-order valence-corrected chi connectivity index (χ2v) is 14.6. The number of anilines is 1. The first-order valence-corrected chi connectivity index (χ1v) is 19.2. The molecule has 0 spiro atoms. The highest BCUT2D eigenvalue weighted by Gasteiger charge is 2.39. The van der Waals surface area contributed by atoms with Crippen LogP contribution in [0.25, 0.3) is 22.2 Å². The fourth-order valence-electron chi connectivity index (χ4n) is 7.59. The standard InChI is InChI=1S/C45H44N6O6/c1-30-42(28-49-21-23-50(24-22-49)37-17-19-38(20-18-37)51(54)55)56-45(57-43(30)34-11-9-31(29-52)10-12-34)35-15-13-33(14-16-35)36-6-4-5-32(25-36)26-47-44(53)41-27-46-39-7-2-3-8-40(39)48-41/h2-20,25,27,30,42-43,45,52H,21-24,26,28-29H2,1H3,(H,47,53)/t30-,42+,43+,45+/m0/s1. The number of carbonyl (C=O) groups excluding carboxylic acids is 1. The van der Waals surface area contributed by atoms with Gasteiger partial charge < -0.3 is 24.8 Å². The Bertz CT molecular complexity index is 2330. The Balaban J connectivity index is 0.943. The predicted molar refractivity (Wildman–Crippen MR) is 217 cm³/mol. The van der Waals surface area contributed by atoms with Crippen molar-refractivity contribution in [2.75, 3.05) is 37.6 Å². The van der Waals surface area contributed by atoms with Crippen LogP contribution in [0.2, 0.25) is 0 Å². The van der Waals surface area contributed by atoms with Crippen LogP contribution in [0.5, 0.6) is 0 Å². The zero-order chi connectivity index (χ0) is 39.3. The van der Waals surface area contributed by atoms with Crippen molar-refractivity contribution in [1.29, 1.82) is 0 Å². The van der Waals surface area contributed by atoms with Crippen LogP contribution in [0.1, 0.15) is 52.1 Å². The van der Waals surface area contributed by atoms with E-state index >= 15 is 0 Å². The number of rotatable bonds is 11. The monoisotopic (exact) mass is 764 g/mol. The molecule has 6 aromatic rings. The number of amides is 1. The van der Waals surface area contributed by atoms with Crippen LogP contribution in [-0.4, -0.2) is 69.6 Å². The second-order valence-electron chi connectivity index (χ2n) is 14.6. The molecule has 8 rings (SSSR count). The van der Waals surface area contributed by atoms with Crippen molar-refractivity contribution in [2.24, 2.45) is 5.92 Å². The summed E-state index contributed by atoms with van der Waals surface area (Å²) in [5.74, 6) is -0.236. The molecule has 12 nitrogen and oxygen atoms in total. The number of nitro groups is 1. The number of aliphatic hydroxyl groups is 1. The Labute approximate surface area is 330 Å². The SMILES string of the molecule is C[C@H]1[C@@H](CN2CCN(c3ccc([N+](=O)[O-])cc3)CC2)O[C@@H](c2ccc(-c3cccc(CNC(=O)c4cnc5ccccc5n4)c3)cc2)O[C@H]1c1ccc(CO)cc1. The van der Waals surface area contributed by atoms with Crippen LogP contribution in [-0.2, 0) is 22.6 Å². The van der Waals surface area contributed by atoms with Gasteiger partial charge in [-0.15, -0.1) is 0 Å². The molecule has 5 aromatic carbocycles. The van der Waals surface area contributed by atoms with Gasteiger partial charge in [0.2, 0.25) is 0 Å². The number of para-hydroxylation sites is 2. The van der Waals surface area contributed by atoms with E-state index in [1.165, 1.54) is 6.20 Å². The maximum Gasteiger partial charge on any atom is 0.271 e. The van der Waals surface area contributed by atoms with Gasteiger partial charge in [0.05, 0.1) is 41.0 Å². The van der Waals surface area contributed by atoms with Gasteiger partial charge in [-0.25, -0.2) is 4.98 Å². The summed E-state index contributed by atoms with van der Waals surface area (Å²) in [4.78, 5) is 37.2. The largest absolute Gasteiger partial charge is 0.392 e. The highest BCUT2D eigenvalue weighted by atomic mass is 16.7. The van der Waals surface area contributed by atoms with Gasteiger partial charge in [0.25, 0.3) is 11.6 Å². The summed E-state index contributed by atoms with van der Waals surface area (Å²) in [6, 6.07) is 38.5. The summed E-state index contributed by atoms with van der Waals surface area (Å²) in [6.07, 6.45) is 0.559. The van der Waals surface area contributed by atoms with E-state index in [0.29, 0.717) is 12.1 Å². The van der Waals surface area contributed by atoms with Gasteiger partial charge in [0, 0.05) is 68.6 Å². The lowest BCUT2D eigenvalue weighted by Crippen LogP contribution is -2.51. The second kappa shape index (κ2) is 17.0. The Kier molecular flexibility index (Phi) is 11.3. The number of piperazine rings is 1. The maximum atomic E-state index is 12.9. The molecular formula is C45H44N6O6. The smallest absolute Gasteiger partial charge is 0.271 e. The molecule has 2 aliphatic heterocycles. The van der Waals surface area contributed by atoms with Gasteiger partial charge >= 0.3 is 0 Å². The number of benzene rings is 5. The number of fused-ring (bicyclic) bond motifs is 1. The van der Waals surface area contributed by atoms with Crippen LogP contribution >= 0.6 is 0 Å². The normalized spacial score (nSPS) is 20.0. The fourth-order valence-corrected chi connectivity index (χ4v) is 7.59. The predicted octanol–water partition coefficient (Wildman–Crippen LogP) is 7.24. The maximum absolute atomic E-state index is 12.9. The van der Waals surface area contributed by atoms with Crippen molar-refractivity contribution in [3.05, 3.63) is 166 Å².